The van der Waals surface area contributed by atoms with Crippen molar-refractivity contribution in [3.63, 3.8) is 0 Å². The lowest BCUT2D eigenvalue weighted by molar-refractivity contribution is -0.138. The maximum Gasteiger partial charge on any atom is 0.418 e. The number of nitrogen functional groups attached to an aromatic ring is 1. The highest BCUT2D eigenvalue weighted by atomic mass is 127. The quantitative estimate of drug-likeness (QED) is 0.0286. The summed E-state index contributed by atoms with van der Waals surface area (Å²) in [4.78, 5) is 101. The molecule has 0 aliphatic carbocycles. The van der Waals surface area contributed by atoms with Gasteiger partial charge in [-0.25, -0.2) is 39.9 Å². The highest BCUT2D eigenvalue weighted by Crippen LogP contribution is 2.37. The zero-order valence-corrected chi connectivity index (χ0v) is 43.0. The van der Waals surface area contributed by atoms with Crippen LogP contribution in [0.5, 0.6) is 0 Å². The summed E-state index contributed by atoms with van der Waals surface area (Å²) in [7, 11) is 0. The molecule has 0 fully saturated rings. The van der Waals surface area contributed by atoms with E-state index < -0.39 is 87.7 Å². The SMILES string of the molecule is C.CC(NC(=O)c1ncnc(N)c1Cl)c1ncc(C(=O)Nc2cc(C(F)(F)F)c(Cl)cn2)s1.CC(NC(=O)c1ncnc(NCC(=O)O)c1Cl)c1ncc(C(=O)Nc2cc(C(F)(F)F)c(Cl)cn2)s1.O=C(O)CI. The van der Waals surface area contributed by atoms with E-state index in [0.717, 1.165) is 47.7 Å². The number of hydrogen-bond donors (Lipinski definition) is 8. The predicted octanol–water partition coefficient (Wildman–Crippen LogP) is 9.01. The number of nitrogens with one attached hydrogen (secondary N) is 5. The summed E-state index contributed by atoms with van der Waals surface area (Å²) in [5.74, 6) is -5.59. The van der Waals surface area contributed by atoms with Gasteiger partial charge in [0.05, 0.1) is 50.1 Å². The average molecular weight is 1270 g/mol. The second-order valence-corrected chi connectivity index (χ2v) is 18.1. The van der Waals surface area contributed by atoms with Crippen molar-refractivity contribution in [2.24, 2.45) is 0 Å². The fraction of sp³-hybridized carbons (Fsp3) is 0.231. The van der Waals surface area contributed by atoms with Gasteiger partial charge in [-0.1, -0.05) is 76.4 Å². The maximum atomic E-state index is 13.0. The van der Waals surface area contributed by atoms with Crippen molar-refractivity contribution in [3.8, 4) is 0 Å². The monoisotopic (exact) mass is 1270 g/mol. The van der Waals surface area contributed by atoms with Crippen LogP contribution in [0.1, 0.15) is 94.8 Å². The van der Waals surface area contributed by atoms with Crippen LogP contribution in [0.3, 0.4) is 0 Å². The molecule has 74 heavy (non-hydrogen) atoms. The molecule has 9 N–H and O–H groups in total. The minimum absolute atomic E-state index is 0. The highest BCUT2D eigenvalue weighted by Gasteiger charge is 2.35. The van der Waals surface area contributed by atoms with Crippen molar-refractivity contribution in [2.75, 3.05) is 32.7 Å². The Morgan fingerprint density at radius 3 is 1.43 bits per heavy atom. The molecular formula is C39H33Cl4F6IN14O8S2. The molecular weight excluding hydrogens is 1240 g/mol. The van der Waals surface area contributed by atoms with Gasteiger partial charge in [0.2, 0.25) is 0 Å². The van der Waals surface area contributed by atoms with E-state index in [2.05, 4.69) is 66.5 Å². The molecule has 2 unspecified atom stereocenters. The average Bonchev–Trinajstić information content (AvgIpc) is 4.03. The van der Waals surface area contributed by atoms with Gasteiger partial charge in [0.15, 0.2) is 11.4 Å². The second kappa shape index (κ2) is 27.2. The molecule has 0 saturated heterocycles. The van der Waals surface area contributed by atoms with Crippen LogP contribution in [0, 0.1) is 0 Å². The molecule has 35 heteroatoms. The van der Waals surface area contributed by atoms with Crippen molar-refractivity contribution >= 4 is 151 Å². The Bertz CT molecular complexity index is 3030. The van der Waals surface area contributed by atoms with Crippen LogP contribution in [0.2, 0.25) is 20.1 Å². The van der Waals surface area contributed by atoms with E-state index in [1.807, 2.05) is 0 Å². The third-order valence-electron chi connectivity index (χ3n) is 8.29. The lowest BCUT2D eigenvalue weighted by atomic mass is 10.2. The van der Waals surface area contributed by atoms with Crippen LogP contribution in [0.4, 0.5) is 49.6 Å². The van der Waals surface area contributed by atoms with E-state index in [1.54, 1.807) is 36.4 Å². The number of aromatic nitrogens is 8. The molecule has 6 heterocycles. The standard InChI is InChI=1S/C19H14Cl2F3N7O4S.C17H12Cl2F3N7O2S.C2H3IO2.CH4/c1-7(30-17(35)14-13(21)15(29-6-28-14)26-5-12(32)33)18-27-4-10(36-18)16(34)31-11-2-8(19(22,23)24)9(20)3-25-11;1-6(28-15(31)12-11(19)13(23)27-5-26-12)16-25-4-9(32-16)14(30)29-10-2-7(17(20,21)22)8(18)3-24-10;3-1-2(4)5;/h2-4,6-7H,5H2,1H3,(H,30,35)(H,32,33)(H,25,31,34)(H,26,28,29);2-6H,1H3,(H,28,31)(H2,23,26,27)(H,24,29,30);1H2,(H,4,5);1H4. The third kappa shape index (κ3) is 17.6. The number of alkyl halides is 7. The smallest absolute Gasteiger partial charge is 0.418 e. The zero-order valence-electron chi connectivity index (χ0n) is 36.2. The summed E-state index contributed by atoms with van der Waals surface area (Å²) >= 11 is 26.6. The number of amides is 4. The van der Waals surface area contributed by atoms with E-state index in [4.69, 9.17) is 62.4 Å². The van der Waals surface area contributed by atoms with Crippen molar-refractivity contribution < 1.29 is 65.3 Å². The van der Waals surface area contributed by atoms with Gasteiger partial charge in [-0.2, -0.15) is 26.3 Å². The van der Waals surface area contributed by atoms with Crippen molar-refractivity contribution in [1.82, 2.24) is 50.5 Å². The van der Waals surface area contributed by atoms with Gasteiger partial charge >= 0.3 is 24.3 Å². The lowest BCUT2D eigenvalue weighted by Gasteiger charge is -2.13. The molecule has 0 radical (unpaired) electrons. The second-order valence-electron chi connectivity index (χ2n) is 13.6. The number of aliphatic carboxylic acids is 2. The summed E-state index contributed by atoms with van der Waals surface area (Å²) in [6.07, 6.45) is -3.36. The first-order chi connectivity index (χ1) is 34.1. The predicted molar refractivity (Wildman–Crippen MR) is 268 cm³/mol. The zero-order chi connectivity index (χ0) is 54.5. The number of hydrogen-bond acceptors (Lipinski definition) is 18. The number of pyridine rings is 2. The highest BCUT2D eigenvalue weighted by molar-refractivity contribution is 14.1. The number of carbonyl (C=O) groups excluding carboxylic acids is 4. The largest absolute Gasteiger partial charge is 0.481 e. The number of thiazole rings is 2. The van der Waals surface area contributed by atoms with Crippen LogP contribution in [-0.2, 0) is 21.9 Å². The molecule has 6 aromatic heterocycles. The van der Waals surface area contributed by atoms with E-state index >= 15 is 0 Å². The first kappa shape index (κ1) is 61.9. The molecule has 0 aromatic carbocycles. The topological polar surface area (TPSA) is 332 Å². The molecule has 22 nitrogen and oxygen atoms in total. The van der Waals surface area contributed by atoms with Crippen molar-refractivity contribution in [2.45, 2.75) is 45.7 Å². The number of carboxylic acid groups (broad SMARTS) is 2. The Hall–Kier alpha value is -6.39. The van der Waals surface area contributed by atoms with Gasteiger partial charge < -0.3 is 42.5 Å². The summed E-state index contributed by atoms with van der Waals surface area (Å²) < 4.78 is 78.1. The normalized spacial score (nSPS) is 11.7. The first-order valence-electron chi connectivity index (χ1n) is 19.2. The van der Waals surface area contributed by atoms with Crippen LogP contribution in [-0.4, -0.2) is 96.6 Å². The number of anilines is 4. The molecule has 0 saturated carbocycles. The third-order valence-corrected chi connectivity index (χ3v) is 12.6. The molecule has 0 aliphatic heterocycles. The van der Waals surface area contributed by atoms with Gasteiger partial charge in [0.1, 0.15) is 72.3 Å². The van der Waals surface area contributed by atoms with Crippen molar-refractivity contribution in [1.29, 1.82) is 0 Å². The van der Waals surface area contributed by atoms with Gasteiger partial charge in [-0.05, 0) is 26.0 Å². The number of rotatable bonds is 14. The number of nitrogens with zero attached hydrogens (tertiary/aromatic N) is 8. The fourth-order valence-corrected chi connectivity index (χ4v) is 7.48. The maximum absolute atomic E-state index is 13.0. The molecule has 6 rings (SSSR count). The Morgan fingerprint density at radius 1 is 0.635 bits per heavy atom. The molecule has 2 atom stereocenters. The van der Waals surface area contributed by atoms with E-state index in [9.17, 15) is 55.1 Å². The van der Waals surface area contributed by atoms with Gasteiger partial charge in [0.25, 0.3) is 23.6 Å². The molecule has 0 spiro atoms. The molecule has 0 aliphatic rings. The number of carboxylic acids is 2. The van der Waals surface area contributed by atoms with Crippen LogP contribution in [0.25, 0.3) is 0 Å². The molecule has 4 amide bonds. The Morgan fingerprint density at radius 2 is 1.04 bits per heavy atom. The Balaban J connectivity index is 0.000000355. The lowest BCUT2D eigenvalue weighted by Crippen LogP contribution is -2.28. The van der Waals surface area contributed by atoms with Gasteiger partial charge in [0, 0.05) is 12.4 Å². The van der Waals surface area contributed by atoms with Crippen LogP contribution < -0.4 is 32.3 Å². The van der Waals surface area contributed by atoms with Crippen molar-refractivity contribution in [3.05, 3.63) is 112 Å². The Labute approximate surface area is 453 Å². The number of carbonyl (C=O) groups is 6. The molecule has 0 bridgehead atoms. The van der Waals surface area contributed by atoms with E-state index in [-0.39, 0.29) is 66.3 Å². The van der Waals surface area contributed by atoms with E-state index in [1.165, 1.54) is 12.4 Å². The minimum Gasteiger partial charge on any atom is -0.481 e. The van der Waals surface area contributed by atoms with E-state index in [0.29, 0.717) is 22.1 Å². The first-order valence-corrected chi connectivity index (χ1v) is 23.9. The summed E-state index contributed by atoms with van der Waals surface area (Å²) in [5, 5.41) is 27.7. The summed E-state index contributed by atoms with van der Waals surface area (Å²) in [5.41, 5.74) is 2.91. The van der Waals surface area contributed by atoms with Crippen LogP contribution >= 0.6 is 91.7 Å². The number of halogens is 11. The minimum atomic E-state index is -4.73. The summed E-state index contributed by atoms with van der Waals surface area (Å²) in [6, 6.07) is -0.138. The van der Waals surface area contributed by atoms with Crippen LogP contribution in [0.15, 0.2) is 49.6 Å². The molecule has 6 aromatic rings. The van der Waals surface area contributed by atoms with Gasteiger partial charge in [-0.15, -0.1) is 22.7 Å². The fourth-order valence-electron chi connectivity index (χ4n) is 5.00. The summed E-state index contributed by atoms with van der Waals surface area (Å²) in [6.45, 7) is 2.68. The molecule has 396 valence electrons. The number of nitrogens with two attached hydrogens (primary N) is 1. The Kier molecular flexibility index (Phi) is 22.8. The van der Waals surface area contributed by atoms with Gasteiger partial charge in [-0.3, -0.25) is 28.8 Å².